The highest BCUT2D eigenvalue weighted by Gasteiger charge is 2.20. The predicted octanol–water partition coefficient (Wildman–Crippen LogP) is -2.99. The summed E-state index contributed by atoms with van der Waals surface area (Å²) >= 11 is 0. The van der Waals surface area contributed by atoms with Gasteiger partial charge in [0.05, 0.1) is 25.4 Å². The molecular formula is C4H13NO7S. The lowest BCUT2D eigenvalue weighted by atomic mass is 10.1. The summed E-state index contributed by atoms with van der Waals surface area (Å²) in [5.74, 6) is 0. The molecule has 82 valence electrons. The number of nitrogens with two attached hydrogens (primary N) is 1. The zero-order valence-corrected chi connectivity index (χ0v) is 7.48. The third-order valence-corrected chi connectivity index (χ3v) is 0.945. The number of aliphatic hydroxyl groups is 3. The lowest BCUT2D eigenvalue weighted by Gasteiger charge is -2.20. The lowest BCUT2D eigenvalue weighted by Crippen LogP contribution is -2.50. The molecule has 0 unspecified atom stereocenters. The highest BCUT2D eigenvalue weighted by molar-refractivity contribution is 7.79. The zero-order chi connectivity index (χ0) is 11.1. The minimum absolute atomic E-state index is 0.403. The van der Waals surface area contributed by atoms with Gasteiger partial charge in [-0.1, -0.05) is 0 Å². The topological polar surface area (TPSA) is 161 Å². The first-order valence-electron chi connectivity index (χ1n) is 3.00. The average molecular weight is 219 g/mol. The van der Waals surface area contributed by atoms with E-state index in [0.717, 1.165) is 0 Å². The van der Waals surface area contributed by atoms with E-state index in [1.54, 1.807) is 0 Å². The minimum atomic E-state index is -4.67. The second-order valence-corrected chi connectivity index (χ2v) is 3.18. The van der Waals surface area contributed by atoms with Crippen LogP contribution in [0.4, 0.5) is 0 Å². The van der Waals surface area contributed by atoms with Crippen LogP contribution in [0.5, 0.6) is 0 Å². The maximum Gasteiger partial charge on any atom is 0.394 e. The van der Waals surface area contributed by atoms with Gasteiger partial charge in [-0.25, -0.2) is 0 Å². The molecule has 0 fully saturated rings. The Balaban J connectivity index is 0. The van der Waals surface area contributed by atoms with Crippen LogP contribution in [0.2, 0.25) is 0 Å². The van der Waals surface area contributed by atoms with Crippen LogP contribution in [0, 0.1) is 0 Å². The van der Waals surface area contributed by atoms with Gasteiger partial charge < -0.3 is 21.1 Å². The van der Waals surface area contributed by atoms with Crippen molar-refractivity contribution in [2.45, 2.75) is 5.54 Å². The molecule has 0 atom stereocenters. The fraction of sp³-hybridized carbons (Fsp3) is 1.00. The SMILES string of the molecule is NC(CO)(CO)CO.O=S(=O)(O)O. The van der Waals surface area contributed by atoms with Crippen LogP contribution in [0.1, 0.15) is 0 Å². The Hall–Kier alpha value is -0.290. The molecule has 0 spiro atoms. The van der Waals surface area contributed by atoms with Gasteiger partial charge in [0.25, 0.3) is 0 Å². The maximum atomic E-state index is 8.74. The van der Waals surface area contributed by atoms with Crippen molar-refractivity contribution in [1.29, 1.82) is 0 Å². The number of hydrogen-bond acceptors (Lipinski definition) is 6. The van der Waals surface area contributed by atoms with Gasteiger partial charge in [-0.3, -0.25) is 9.11 Å². The second kappa shape index (κ2) is 6.21. The summed E-state index contributed by atoms with van der Waals surface area (Å²) in [4.78, 5) is 0. The van der Waals surface area contributed by atoms with E-state index in [0.29, 0.717) is 0 Å². The van der Waals surface area contributed by atoms with Gasteiger partial charge >= 0.3 is 10.4 Å². The Morgan fingerprint density at radius 1 is 1.00 bits per heavy atom. The molecule has 7 N–H and O–H groups in total. The molecule has 13 heavy (non-hydrogen) atoms. The van der Waals surface area contributed by atoms with E-state index in [1.165, 1.54) is 0 Å². The normalized spacial score (nSPS) is 11.8. The molecule has 0 aliphatic rings. The molecule has 0 bridgehead atoms. The fourth-order valence-electron chi connectivity index (χ4n) is 0.150. The van der Waals surface area contributed by atoms with Gasteiger partial charge in [-0.2, -0.15) is 8.42 Å². The minimum Gasteiger partial charge on any atom is -0.394 e. The van der Waals surface area contributed by atoms with E-state index in [1.807, 2.05) is 0 Å². The van der Waals surface area contributed by atoms with Crippen molar-refractivity contribution in [2.75, 3.05) is 19.8 Å². The molecular weight excluding hydrogens is 206 g/mol. The standard InChI is InChI=1S/C4H11NO3.H2O4S/c5-4(1-6,2-7)3-8;1-5(2,3)4/h6-8H,1-3,5H2;(H2,1,2,3,4). The Labute approximate surface area is 75.2 Å². The van der Waals surface area contributed by atoms with Gasteiger partial charge in [0, 0.05) is 0 Å². The van der Waals surface area contributed by atoms with Crippen molar-refractivity contribution in [1.82, 2.24) is 0 Å². The predicted molar refractivity (Wildman–Crippen MR) is 42.4 cm³/mol. The molecule has 0 rings (SSSR count). The molecule has 0 aromatic carbocycles. The Bertz CT molecular complexity index is 192. The van der Waals surface area contributed by atoms with Crippen LogP contribution in [0.25, 0.3) is 0 Å². The van der Waals surface area contributed by atoms with E-state index >= 15 is 0 Å². The van der Waals surface area contributed by atoms with Crippen LogP contribution < -0.4 is 5.73 Å². The van der Waals surface area contributed by atoms with Crippen molar-refractivity contribution in [2.24, 2.45) is 5.73 Å². The summed E-state index contributed by atoms with van der Waals surface area (Å²) in [7, 11) is -4.67. The highest BCUT2D eigenvalue weighted by Crippen LogP contribution is 1.93. The average Bonchev–Trinajstić information content (AvgIpc) is 2.00. The molecule has 0 saturated heterocycles. The molecule has 0 amide bonds. The van der Waals surface area contributed by atoms with Gasteiger partial charge in [-0.05, 0) is 0 Å². The Kier molecular flexibility index (Phi) is 7.26. The lowest BCUT2D eigenvalue weighted by molar-refractivity contribution is 0.0697. The Morgan fingerprint density at radius 3 is 1.15 bits per heavy atom. The van der Waals surface area contributed by atoms with Gasteiger partial charge in [0.15, 0.2) is 0 Å². The maximum absolute atomic E-state index is 8.74. The van der Waals surface area contributed by atoms with Crippen molar-refractivity contribution >= 4 is 10.4 Å². The molecule has 0 saturated carbocycles. The molecule has 0 aliphatic heterocycles. The van der Waals surface area contributed by atoms with Crippen LogP contribution in [-0.4, -0.2) is 58.2 Å². The molecule has 0 radical (unpaired) electrons. The largest absolute Gasteiger partial charge is 0.394 e. The summed E-state index contributed by atoms with van der Waals surface area (Å²) < 4.78 is 31.6. The monoisotopic (exact) mass is 219 g/mol. The first-order chi connectivity index (χ1) is 5.68. The fourth-order valence-corrected chi connectivity index (χ4v) is 0.150. The number of hydrogen-bond donors (Lipinski definition) is 6. The molecule has 9 heteroatoms. The zero-order valence-electron chi connectivity index (χ0n) is 6.66. The highest BCUT2D eigenvalue weighted by atomic mass is 32.3. The van der Waals surface area contributed by atoms with Crippen molar-refractivity contribution in [3.63, 3.8) is 0 Å². The number of rotatable bonds is 3. The number of aliphatic hydroxyl groups excluding tert-OH is 3. The van der Waals surface area contributed by atoms with Gasteiger partial charge in [0.2, 0.25) is 0 Å². The van der Waals surface area contributed by atoms with E-state index in [9.17, 15) is 0 Å². The first-order valence-corrected chi connectivity index (χ1v) is 4.39. The van der Waals surface area contributed by atoms with E-state index in [2.05, 4.69) is 0 Å². The van der Waals surface area contributed by atoms with E-state index in [-0.39, 0.29) is 0 Å². The third-order valence-electron chi connectivity index (χ3n) is 0.945. The van der Waals surface area contributed by atoms with Crippen molar-refractivity contribution < 1.29 is 32.8 Å². The summed E-state index contributed by atoms with van der Waals surface area (Å²) in [6.45, 7) is -1.21. The summed E-state index contributed by atoms with van der Waals surface area (Å²) in [6, 6.07) is 0. The summed E-state index contributed by atoms with van der Waals surface area (Å²) in [6.07, 6.45) is 0. The molecule has 0 aromatic heterocycles. The summed E-state index contributed by atoms with van der Waals surface area (Å²) in [5.41, 5.74) is 3.94. The smallest absolute Gasteiger partial charge is 0.394 e. The van der Waals surface area contributed by atoms with Crippen LogP contribution in [0.15, 0.2) is 0 Å². The first kappa shape index (κ1) is 15.2. The molecule has 0 aliphatic carbocycles. The van der Waals surface area contributed by atoms with Crippen LogP contribution in [-0.2, 0) is 10.4 Å². The molecule has 0 aromatic rings. The summed E-state index contributed by atoms with van der Waals surface area (Å²) in [5, 5.41) is 25.0. The third kappa shape index (κ3) is 14.6. The van der Waals surface area contributed by atoms with Crippen LogP contribution >= 0.6 is 0 Å². The molecule has 0 heterocycles. The molecule has 8 nitrogen and oxygen atoms in total. The van der Waals surface area contributed by atoms with Gasteiger partial charge in [-0.15, -0.1) is 0 Å². The van der Waals surface area contributed by atoms with Gasteiger partial charge in [0.1, 0.15) is 0 Å². The van der Waals surface area contributed by atoms with Crippen LogP contribution in [0.3, 0.4) is 0 Å². The Morgan fingerprint density at radius 2 is 1.15 bits per heavy atom. The van der Waals surface area contributed by atoms with E-state index in [4.69, 9.17) is 38.6 Å². The second-order valence-electron chi connectivity index (χ2n) is 2.28. The van der Waals surface area contributed by atoms with Crippen molar-refractivity contribution in [3.05, 3.63) is 0 Å². The van der Waals surface area contributed by atoms with E-state index < -0.39 is 35.8 Å². The van der Waals surface area contributed by atoms with Crippen molar-refractivity contribution in [3.8, 4) is 0 Å². The quantitative estimate of drug-likeness (QED) is 0.274.